The fourth-order valence-electron chi connectivity index (χ4n) is 2.02. The van der Waals surface area contributed by atoms with Crippen molar-refractivity contribution in [2.24, 2.45) is 5.92 Å². The van der Waals surface area contributed by atoms with Crippen LogP contribution in [0.5, 0.6) is 0 Å². The smallest absolute Gasteiger partial charge is 0.147 e. The van der Waals surface area contributed by atoms with Crippen molar-refractivity contribution < 1.29 is 0 Å². The highest BCUT2D eigenvalue weighted by Crippen LogP contribution is 2.30. The van der Waals surface area contributed by atoms with E-state index in [1.807, 2.05) is 12.4 Å². The molecule has 18 heavy (non-hydrogen) atoms. The second-order valence-corrected chi connectivity index (χ2v) is 5.03. The van der Waals surface area contributed by atoms with Crippen molar-refractivity contribution in [2.45, 2.75) is 39.7 Å². The van der Waals surface area contributed by atoms with Crippen LogP contribution in [0.2, 0.25) is 0 Å². The Balaban J connectivity index is 1.95. The highest BCUT2D eigenvalue weighted by Gasteiger charge is 2.24. The third-order valence-electron chi connectivity index (χ3n) is 3.29. The van der Waals surface area contributed by atoms with Gasteiger partial charge in [0.2, 0.25) is 0 Å². The van der Waals surface area contributed by atoms with Crippen LogP contribution in [0.3, 0.4) is 0 Å². The maximum absolute atomic E-state index is 4.70. The highest BCUT2D eigenvalue weighted by atomic mass is 15.2. The van der Waals surface area contributed by atoms with Crippen LogP contribution in [0.25, 0.3) is 0 Å². The SMILES string of the molecule is CCCNCc1cncc(N(CC)CC2CC2)n1. The summed E-state index contributed by atoms with van der Waals surface area (Å²) in [5.41, 5.74) is 1.04. The molecule has 1 aliphatic rings. The largest absolute Gasteiger partial charge is 0.355 e. The lowest BCUT2D eigenvalue weighted by atomic mass is 10.3. The van der Waals surface area contributed by atoms with E-state index < -0.39 is 0 Å². The third kappa shape index (κ3) is 3.95. The van der Waals surface area contributed by atoms with Gasteiger partial charge in [-0.15, -0.1) is 0 Å². The lowest BCUT2D eigenvalue weighted by Gasteiger charge is -2.21. The molecule has 1 fully saturated rings. The van der Waals surface area contributed by atoms with Gasteiger partial charge in [0.25, 0.3) is 0 Å². The van der Waals surface area contributed by atoms with Crippen molar-refractivity contribution >= 4 is 5.82 Å². The van der Waals surface area contributed by atoms with E-state index in [4.69, 9.17) is 4.98 Å². The topological polar surface area (TPSA) is 41.1 Å². The molecule has 1 heterocycles. The molecule has 0 unspecified atom stereocenters. The normalized spacial score (nSPS) is 14.8. The van der Waals surface area contributed by atoms with Crippen LogP contribution in [0, 0.1) is 5.92 Å². The van der Waals surface area contributed by atoms with Crippen LogP contribution in [0.4, 0.5) is 5.82 Å². The predicted octanol–water partition coefficient (Wildman–Crippen LogP) is 2.21. The summed E-state index contributed by atoms with van der Waals surface area (Å²) in [4.78, 5) is 11.4. The van der Waals surface area contributed by atoms with Gasteiger partial charge in [-0.3, -0.25) is 4.98 Å². The summed E-state index contributed by atoms with van der Waals surface area (Å²) in [5, 5.41) is 3.37. The molecule has 1 aromatic heterocycles. The summed E-state index contributed by atoms with van der Waals surface area (Å²) in [6.45, 7) is 8.35. The molecule has 1 aliphatic carbocycles. The Kier molecular flexibility index (Phi) is 4.93. The minimum Gasteiger partial charge on any atom is -0.355 e. The minimum absolute atomic E-state index is 0.815. The molecule has 0 radical (unpaired) electrons. The van der Waals surface area contributed by atoms with Gasteiger partial charge in [-0.1, -0.05) is 6.92 Å². The fraction of sp³-hybridized carbons (Fsp3) is 0.714. The molecule has 1 aromatic rings. The van der Waals surface area contributed by atoms with E-state index >= 15 is 0 Å². The molecule has 0 saturated heterocycles. The van der Waals surface area contributed by atoms with E-state index in [-0.39, 0.29) is 0 Å². The van der Waals surface area contributed by atoms with Crippen molar-refractivity contribution in [3.63, 3.8) is 0 Å². The van der Waals surface area contributed by atoms with E-state index in [9.17, 15) is 0 Å². The second kappa shape index (κ2) is 6.69. The molecular formula is C14H24N4. The van der Waals surface area contributed by atoms with Gasteiger partial charge in [0, 0.05) is 25.8 Å². The molecular weight excluding hydrogens is 224 g/mol. The summed E-state index contributed by atoms with van der Waals surface area (Å²) in [5.74, 6) is 1.91. The Bertz CT molecular complexity index is 363. The first-order valence-corrected chi connectivity index (χ1v) is 7.10. The van der Waals surface area contributed by atoms with E-state index in [1.165, 1.54) is 12.8 Å². The maximum Gasteiger partial charge on any atom is 0.147 e. The highest BCUT2D eigenvalue weighted by molar-refractivity contribution is 5.36. The van der Waals surface area contributed by atoms with Gasteiger partial charge in [-0.05, 0) is 38.6 Å². The zero-order valence-corrected chi connectivity index (χ0v) is 11.5. The molecule has 0 atom stereocenters. The molecule has 0 aromatic carbocycles. The molecule has 4 heteroatoms. The number of nitrogens with one attached hydrogen (secondary N) is 1. The second-order valence-electron chi connectivity index (χ2n) is 5.03. The lowest BCUT2D eigenvalue weighted by molar-refractivity contribution is 0.657. The lowest BCUT2D eigenvalue weighted by Crippen LogP contribution is -2.27. The number of aromatic nitrogens is 2. The quantitative estimate of drug-likeness (QED) is 0.716. The Morgan fingerprint density at radius 2 is 2.17 bits per heavy atom. The summed E-state index contributed by atoms with van der Waals surface area (Å²) in [7, 11) is 0. The van der Waals surface area contributed by atoms with Gasteiger partial charge in [-0.25, -0.2) is 4.98 Å². The zero-order chi connectivity index (χ0) is 12.8. The fourth-order valence-corrected chi connectivity index (χ4v) is 2.02. The van der Waals surface area contributed by atoms with Crippen LogP contribution in [-0.2, 0) is 6.54 Å². The Hall–Kier alpha value is -1.16. The first kappa shape index (κ1) is 13.3. The molecule has 1 saturated carbocycles. The van der Waals surface area contributed by atoms with E-state index in [0.717, 1.165) is 50.0 Å². The van der Waals surface area contributed by atoms with Crippen LogP contribution >= 0.6 is 0 Å². The molecule has 0 aliphatic heterocycles. The zero-order valence-electron chi connectivity index (χ0n) is 11.5. The predicted molar refractivity (Wildman–Crippen MR) is 74.6 cm³/mol. The van der Waals surface area contributed by atoms with Crippen molar-refractivity contribution in [3.05, 3.63) is 18.1 Å². The average Bonchev–Trinajstić information content (AvgIpc) is 3.21. The summed E-state index contributed by atoms with van der Waals surface area (Å²) in [6, 6.07) is 0. The summed E-state index contributed by atoms with van der Waals surface area (Å²) < 4.78 is 0. The molecule has 100 valence electrons. The first-order valence-electron chi connectivity index (χ1n) is 7.10. The Morgan fingerprint density at radius 1 is 1.33 bits per heavy atom. The maximum atomic E-state index is 4.70. The molecule has 0 spiro atoms. The molecule has 1 N–H and O–H groups in total. The van der Waals surface area contributed by atoms with Gasteiger partial charge in [0.05, 0.1) is 11.9 Å². The van der Waals surface area contributed by atoms with E-state index in [1.54, 1.807) is 0 Å². The number of hydrogen-bond acceptors (Lipinski definition) is 4. The van der Waals surface area contributed by atoms with Crippen molar-refractivity contribution in [3.8, 4) is 0 Å². The van der Waals surface area contributed by atoms with Gasteiger partial charge in [-0.2, -0.15) is 0 Å². The number of rotatable bonds is 8. The third-order valence-corrected chi connectivity index (χ3v) is 3.29. The summed E-state index contributed by atoms with van der Waals surface area (Å²) in [6.07, 6.45) is 7.64. The minimum atomic E-state index is 0.815. The van der Waals surface area contributed by atoms with Gasteiger partial charge < -0.3 is 10.2 Å². The van der Waals surface area contributed by atoms with Gasteiger partial charge >= 0.3 is 0 Å². The average molecular weight is 248 g/mol. The van der Waals surface area contributed by atoms with Crippen molar-refractivity contribution in [2.75, 3.05) is 24.5 Å². The standard InChI is InChI=1S/C14H24N4/c1-3-7-15-8-13-9-16-10-14(17-13)18(4-2)11-12-5-6-12/h9-10,12,15H,3-8,11H2,1-2H3. The Labute approximate surface area is 110 Å². The summed E-state index contributed by atoms with van der Waals surface area (Å²) >= 11 is 0. The van der Waals surface area contributed by atoms with Crippen LogP contribution in [-0.4, -0.2) is 29.6 Å². The van der Waals surface area contributed by atoms with Crippen molar-refractivity contribution in [1.82, 2.24) is 15.3 Å². The first-order chi connectivity index (χ1) is 8.83. The van der Waals surface area contributed by atoms with Crippen molar-refractivity contribution in [1.29, 1.82) is 0 Å². The van der Waals surface area contributed by atoms with Gasteiger partial charge in [0.1, 0.15) is 5.82 Å². The molecule has 4 nitrogen and oxygen atoms in total. The van der Waals surface area contributed by atoms with Crippen LogP contribution in [0.15, 0.2) is 12.4 Å². The monoisotopic (exact) mass is 248 g/mol. The van der Waals surface area contributed by atoms with E-state index in [2.05, 4.69) is 29.0 Å². The molecule has 0 bridgehead atoms. The van der Waals surface area contributed by atoms with Crippen LogP contribution in [0.1, 0.15) is 38.8 Å². The van der Waals surface area contributed by atoms with Gasteiger partial charge in [0.15, 0.2) is 0 Å². The van der Waals surface area contributed by atoms with Crippen LogP contribution < -0.4 is 10.2 Å². The molecule has 2 rings (SSSR count). The number of hydrogen-bond donors (Lipinski definition) is 1. The Morgan fingerprint density at radius 3 is 2.83 bits per heavy atom. The molecule has 0 amide bonds. The number of anilines is 1. The number of nitrogens with zero attached hydrogens (tertiary/aromatic N) is 3. The van der Waals surface area contributed by atoms with E-state index in [0.29, 0.717) is 0 Å².